The van der Waals surface area contributed by atoms with Gasteiger partial charge in [-0.2, -0.15) is 0 Å². The largest absolute Gasteiger partial charge is 0.480 e. The van der Waals surface area contributed by atoms with Crippen LogP contribution in [0.4, 0.5) is 4.79 Å². The maximum atomic E-state index is 11.9. The molecule has 2 aliphatic carbocycles. The molecule has 0 heterocycles. The molecule has 2 rings (SSSR count). The molecular formula is C18H27NO4. The fourth-order valence-electron chi connectivity index (χ4n) is 3.43. The molecule has 0 aromatic carbocycles. The zero-order valence-corrected chi connectivity index (χ0v) is 13.6. The Morgan fingerprint density at radius 2 is 2.04 bits per heavy atom. The van der Waals surface area contributed by atoms with Crippen LogP contribution in [0.1, 0.15) is 64.2 Å². The van der Waals surface area contributed by atoms with E-state index >= 15 is 0 Å². The van der Waals surface area contributed by atoms with Crippen molar-refractivity contribution in [1.29, 1.82) is 0 Å². The molecule has 23 heavy (non-hydrogen) atoms. The van der Waals surface area contributed by atoms with Gasteiger partial charge in [-0.3, -0.25) is 0 Å². The number of alkyl carbamates (subject to hydrolysis) is 1. The van der Waals surface area contributed by atoms with E-state index in [1.165, 1.54) is 6.42 Å². The number of unbranched alkanes of at least 4 members (excludes halogenated alkanes) is 1. The Morgan fingerprint density at radius 1 is 1.30 bits per heavy atom. The number of aliphatic carboxylic acids is 1. The molecule has 2 aliphatic rings. The summed E-state index contributed by atoms with van der Waals surface area (Å²) in [5.74, 6) is 2.40. The number of carboxylic acid groups (broad SMARTS) is 1. The predicted molar refractivity (Wildman–Crippen MR) is 86.8 cm³/mol. The summed E-state index contributed by atoms with van der Waals surface area (Å²) in [6.45, 7) is 0. The Kier molecular flexibility index (Phi) is 6.76. The normalized spacial score (nSPS) is 25.2. The van der Waals surface area contributed by atoms with Crippen molar-refractivity contribution < 1.29 is 19.4 Å². The smallest absolute Gasteiger partial charge is 0.408 e. The first-order valence-corrected chi connectivity index (χ1v) is 8.73. The van der Waals surface area contributed by atoms with Crippen molar-refractivity contribution in [3.63, 3.8) is 0 Å². The second-order valence-electron chi connectivity index (χ2n) is 6.81. The first kappa shape index (κ1) is 17.7. The zero-order valence-electron chi connectivity index (χ0n) is 13.6. The fourth-order valence-corrected chi connectivity index (χ4v) is 3.43. The number of carbonyl (C=O) groups excluding carboxylic acids is 1. The van der Waals surface area contributed by atoms with Crippen molar-refractivity contribution in [1.82, 2.24) is 5.32 Å². The minimum atomic E-state index is -0.978. The third-order valence-corrected chi connectivity index (χ3v) is 4.90. The lowest BCUT2D eigenvalue weighted by Crippen LogP contribution is -2.42. The van der Waals surface area contributed by atoms with Crippen molar-refractivity contribution in [3.8, 4) is 12.3 Å². The molecule has 0 unspecified atom stereocenters. The van der Waals surface area contributed by atoms with Crippen molar-refractivity contribution >= 4 is 12.1 Å². The number of amides is 1. The highest BCUT2D eigenvalue weighted by Crippen LogP contribution is 2.38. The summed E-state index contributed by atoms with van der Waals surface area (Å²) in [4.78, 5) is 23.3. The van der Waals surface area contributed by atoms with E-state index in [9.17, 15) is 14.7 Å². The monoisotopic (exact) mass is 321 g/mol. The quantitative estimate of drug-likeness (QED) is 0.531. The van der Waals surface area contributed by atoms with Gasteiger partial charge in [-0.25, -0.2) is 9.59 Å². The highest BCUT2D eigenvalue weighted by atomic mass is 16.6. The van der Waals surface area contributed by atoms with Crippen LogP contribution in [0.2, 0.25) is 0 Å². The summed E-state index contributed by atoms with van der Waals surface area (Å²) in [6.07, 6.45) is 14.2. The molecule has 5 heteroatoms. The summed E-state index contributed by atoms with van der Waals surface area (Å²) < 4.78 is 5.31. The van der Waals surface area contributed by atoms with E-state index < -0.39 is 18.1 Å². The molecule has 0 bridgehead atoms. The number of terminal acetylenes is 1. The summed E-state index contributed by atoms with van der Waals surface area (Å²) in [7, 11) is 0. The summed E-state index contributed by atoms with van der Waals surface area (Å²) in [6, 6.07) is -0.843. The van der Waals surface area contributed by atoms with Gasteiger partial charge in [-0.1, -0.05) is 32.1 Å². The molecule has 0 aromatic heterocycles. The maximum Gasteiger partial charge on any atom is 0.408 e. The van der Waals surface area contributed by atoms with Crippen LogP contribution in [-0.2, 0) is 9.53 Å². The van der Waals surface area contributed by atoms with E-state index in [4.69, 9.17) is 11.2 Å². The lowest BCUT2D eigenvalue weighted by Gasteiger charge is -2.24. The highest BCUT2D eigenvalue weighted by Gasteiger charge is 2.40. The number of nitrogens with one attached hydrogen (secondary N) is 1. The van der Waals surface area contributed by atoms with Crippen LogP contribution in [0.5, 0.6) is 0 Å². The van der Waals surface area contributed by atoms with E-state index in [0.717, 1.165) is 51.4 Å². The van der Waals surface area contributed by atoms with Gasteiger partial charge < -0.3 is 15.2 Å². The summed E-state index contributed by atoms with van der Waals surface area (Å²) >= 11 is 0. The minimum absolute atomic E-state index is 0.0723. The molecule has 0 saturated heterocycles. The molecule has 3 atom stereocenters. The van der Waals surface area contributed by atoms with Gasteiger partial charge in [0.25, 0.3) is 0 Å². The van der Waals surface area contributed by atoms with Gasteiger partial charge in [0.15, 0.2) is 0 Å². The van der Waals surface area contributed by atoms with Crippen molar-refractivity contribution in [2.75, 3.05) is 0 Å². The molecule has 1 amide bonds. The standard InChI is InChI=1S/C18H27NO4/c1-2-3-5-10-14-12-16(14)23-18(22)19-15(17(20)21)11-13-8-6-4-7-9-13/h1,13-16H,3-12H2,(H,19,22)(H,20,21)/t14-,15+,16-/m1/s1. The highest BCUT2D eigenvalue weighted by molar-refractivity contribution is 5.80. The molecular weight excluding hydrogens is 294 g/mol. The first-order chi connectivity index (χ1) is 11.1. The summed E-state index contributed by atoms with van der Waals surface area (Å²) in [5, 5.41) is 11.8. The molecule has 2 N–H and O–H groups in total. The zero-order chi connectivity index (χ0) is 16.7. The second kappa shape index (κ2) is 8.81. The first-order valence-electron chi connectivity index (χ1n) is 8.73. The van der Waals surface area contributed by atoms with Gasteiger partial charge in [0.05, 0.1) is 0 Å². The Morgan fingerprint density at radius 3 is 2.70 bits per heavy atom. The van der Waals surface area contributed by atoms with Crippen LogP contribution >= 0.6 is 0 Å². The average Bonchev–Trinajstić information content (AvgIpc) is 3.25. The third kappa shape index (κ3) is 6.13. The van der Waals surface area contributed by atoms with Crippen molar-refractivity contribution in [2.24, 2.45) is 11.8 Å². The van der Waals surface area contributed by atoms with Crippen LogP contribution in [-0.4, -0.2) is 29.3 Å². The van der Waals surface area contributed by atoms with Crippen molar-refractivity contribution in [2.45, 2.75) is 76.4 Å². The van der Waals surface area contributed by atoms with E-state index in [2.05, 4.69) is 11.2 Å². The van der Waals surface area contributed by atoms with Crippen molar-refractivity contribution in [3.05, 3.63) is 0 Å². The number of rotatable bonds is 8. The Labute approximate surface area is 138 Å². The fraction of sp³-hybridized carbons (Fsp3) is 0.778. The number of hydrogen-bond donors (Lipinski definition) is 2. The van der Waals surface area contributed by atoms with Crippen LogP contribution < -0.4 is 5.32 Å². The van der Waals surface area contributed by atoms with Gasteiger partial charge >= 0.3 is 12.1 Å². The van der Waals surface area contributed by atoms with E-state index in [1.54, 1.807) is 0 Å². The van der Waals surface area contributed by atoms with Gasteiger partial charge in [0.1, 0.15) is 12.1 Å². The molecule has 0 aliphatic heterocycles. The molecule has 0 spiro atoms. The molecule has 128 valence electrons. The Hall–Kier alpha value is -1.70. The predicted octanol–water partition coefficient (Wildman–Crippen LogP) is 3.33. The lowest BCUT2D eigenvalue weighted by atomic mass is 9.85. The molecule has 2 fully saturated rings. The number of ether oxygens (including phenoxy) is 1. The third-order valence-electron chi connectivity index (χ3n) is 4.90. The molecule has 2 saturated carbocycles. The van der Waals surface area contributed by atoms with Crippen LogP contribution in [0.25, 0.3) is 0 Å². The van der Waals surface area contributed by atoms with Gasteiger partial charge in [-0.05, 0) is 37.5 Å². The van der Waals surface area contributed by atoms with E-state index in [-0.39, 0.29) is 6.10 Å². The number of carbonyl (C=O) groups is 2. The Balaban J connectivity index is 1.69. The topological polar surface area (TPSA) is 75.6 Å². The van der Waals surface area contributed by atoms with E-state index in [0.29, 0.717) is 18.3 Å². The average molecular weight is 321 g/mol. The minimum Gasteiger partial charge on any atom is -0.480 e. The van der Waals surface area contributed by atoms with Crippen LogP contribution in [0.3, 0.4) is 0 Å². The van der Waals surface area contributed by atoms with Gasteiger partial charge in [-0.15, -0.1) is 12.3 Å². The van der Waals surface area contributed by atoms with E-state index in [1.807, 2.05) is 0 Å². The van der Waals surface area contributed by atoms with Crippen LogP contribution in [0, 0.1) is 24.2 Å². The maximum absolute atomic E-state index is 11.9. The van der Waals surface area contributed by atoms with Gasteiger partial charge in [0.2, 0.25) is 0 Å². The number of carboxylic acids is 1. The molecule has 5 nitrogen and oxygen atoms in total. The van der Waals surface area contributed by atoms with Gasteiger partial charge in [0, 0.05) is 6.42 Å². The lowest BCUT2D eigenvalue weighted by molar-refractivity contribution is -0.139. The Bertz CT molecular complexity index is 450. The second-order valence-corrected chi connectivity index (χ2v) is 6.81. The van der Waals surface area contributed by atoms with Crippen LogP contribution in [0.15, 0.2) is 0 Å². The SMILES string of the molecule is C#CCCC[C@@H]1C[C@H]1OC(=O)N[C@@H](CC1CCCCC1)C(=O)O. The number of hydrogen-bond acceptors (Lipinski definition) is 3. The summed E-state index contributed by atoms with van der Waals surface area (Å²) in [5.41, 5.74) is 0. The molecule has 0 aromatic rings. The molecule has 0 radical (unpaired) electrons.